The fraction of sp³-hybridized carbons (Fsp3) is 0.157. The smallest absolute Gasteiger partial charge is 0.330 e. The zero-order valence-corrected chi connectivity index (χ0v) is 69.8. The van der Waals surface area contributed by atoms with Crippen LogP contribution in [0.3, 0.4) is 0 Å². The van der Waals surface area contributed by atoms with Crippen molar-refractivity contribution in [1.29, 1.82) is 0 Å². The van der Waals surface area contributed by atoms with E-state index in [1.807, 2.05) is 24.3 Å². The van der Waals surface area contributed by atoms with E-state index in [4.69, 9.17) is 81.1 Å². The number of carbonyl (C=O) groups is 4. The molecule has 27 nitrogen and oxygen atoms in total. The molecule has 120 heavy (non-hydrogen) atoms. The number of fused-ring (bicyclic) bond motifs is 3. The minimum atomic E-state index is -0.596. The van der Waals surface area contributed by atoms with Gasteiger partial charge in [0.25, 0.3) is 17.7 Å². The van der Waals surface area contributed by atoms with Crippen LogP contribution >= 0.6 is 85.5 Å². The van der Waals surface area contributed by atoms with E-state index in [2.05, 4.69) is 122 Å². The Balaban J connectivity index is 0.000000139. The van der Waals surface area contributed by atoms with Crippen molar-refractivity contribution in [3.05, 3.63) is 287 Å². The molecule has 0 spiro atoms. The second kappa shape index (κ2) is 40.4. The number of anilines is 4. The molecule has 14 heterocycles. The number of aromatic nitrogens is 14. The number of halogens is 10. The molecule has 0 saturated carbocycles. The van der Waals surface area contributed by atoms with E-state index in [-0.39, 0.29) is 28.5 Å². The van der Waals surface area contributed by atoms with Crippen LogP contribution in [-0.4, -0.2) is 161 Å². The van der Waals surface area contributed by atoms with Gasteiger partial charge in [-0.15, -0.1) is 0 Å². The lowest BCUT2D eigenvalue weighted by molar-refractivity contribution is -0.134. The Morgan fingerprint density at radius 3 is 1.16 bits per heavy atom. The molecule has 610 valence electrons. The monoisotopic (exact) mass is 1800 g/mol. The van der Waals surface area contributed by atoms with Crippen LogP contribution < -0.4 is 42.5 Å². The fourth-order valence-electron chi connectivity index (χ4n) is 12.2. The van der Waals surface area contributed by atoms with E-state index >= 15 is 0 Å². The molecule has 3 aliphatic rings. The Morgan fingerprint density at radius 1 is 0.442 bits per heavy atom. The first-order valence-electron chi connectivity index (χ1n) is 36.2. The number of pyridine rings is 8. The third-order valence-corrected chi connectivity index (χ3v) is 20.4. The quantitative estimate of drug-likeness (QED) is 0.0355. The molecule has 3 aromatic carbocycles. The van der Waals surface area contributed by atoms with Gasteiger partial charge >= 0.3 is 5.97 Å². The molecule has 3 saturated heterocycles. The van der Waals surface area contributed by atoms with Crippen molar-refractivity contribution in [2.75, 3.05) is 88.8 Å². The molecule has 0 aliphatic carbocycles. The summed E-state index contributed by atoms with van der Waals surface area (Å²) in [5.74, 6) is -1.37. The van der Waals surface area contributed by atoms with Crippen LogP contribution in [0.15, 0.2) is 200 Å². The van der Waals surface area contributed by atoms with Gasteiger partial charge in [-0.1, -0.05) is 87.8 Å². The lowest BCUT2D eigenvalue weighted by Crippen LogP contribution is -2.46. The number of hydrogen-bond donors (Lipinski definition) is 6. The summed E-state index contributed by atoms with van der Waals surface area (Å²) in [7, 11) is 5.70. The third-order valence-electron chi connectivity index (χ3n) is 18.5. The van der Waals surface area contributed by atoms with Gasteiger partial charge < -0.3 is 47.3 Å². The first-order chi connectivity index (χ1) is 57.8. The van der Waals surface area contributed by atoms with Crippen molar-refractivity contribution in [1.82, 2.24) is 91.0 Å². The second-order valence-corrected chi connectivity index (χ2v) is 29.6. The van der Waals surface area contributed by atoms with Gasteiger partial charge in [0.2, 0.25) is 0 Å². The van der Waals surface area contributed by atoms with Gasteiger partial charge in [-0.3, -0.25) is 64.2 Å². The summed E-state index contributed by atoms with van der Waals surface area (Å²) in [6.07, 6.45) is 20.2. The van der Waals surface area contributed by atoms with Crippen LogP contribution in [0.25, 0.3) is 72.9 Å². The Morgan fingerprint density at radius 2 is 0.800 bits per heavy atom. The normalized spacial score (nSPS) is 12.9. The number of carbonyl (C=O) groups excluding carboxylic acids is 4. The predicted molar refractivity (Wildman–Crippen MR) is 463 cm³/mol. The molecule has 37 heteroatoms. The van der Waals surface area contributed by atoms with E-state index < -0.39 is 41.1 Å². The predicted octanol–water partition coefficient (Wildman–Crippen LogP) is 15.5. The Labute approximate surface area is 722 Å². The van der Waals surface area contributed by atoms with E-state index in [1.54, 1.807) is 116 Å². The minimum Gasteiger partial charge on any atom is -0.466 e. The SMILES string of the molecule is CNC(=O)c1ccc(-c2nccnc2C2CN(c3ccc4ncc(Cl)cc4n3)C2)cc1F.CNC(=O)c1ccc(-c2nccnc2C2CN(c3ccc4ncc(Cl)cc4n3)C2)cc1F.CNC(=O)c1ccc(-c2nccnc2C2CNC2)cc1F.COC(=O)/C=C/c1ncc(Cl)cc1N.Clc1cnc2ccc(Cl)nc2c1.Nc1cc(Cl)cnc1Br. The molecule has 17 rings (SSSR count). The zero-order valence-electron chi connectivity index (χ0n) is 63.7. The molecular formula is C83H68BrCl6F3N22O5. The maximum absolute atomic E-state index is 14.5. The number of amides is 3. The molecular weight excluding hydrogens is 1730 g/mol. The molecule has 8 N–H and O–H groups in total. The highest BCUT2D eigenvalue weighted by atomic mass is 79.9. The van der Waals surface area contributed by atoms with Crippen LogP contribution in [0.4, 0.5) is 36.2 Å². The molecule has 0 radical (unpaired) electrons. The van der Waals surface area contributed by atoms with Gasteiger partial charge in [-0.25, -0.2) is 37.9 Å². The lowest BCUT2D eigenvalue weighted by Gasteiger charge is -2.40. The maximum Gasteiger partial charge on any atom is 0.330 e. The van der Waals surface area contributed by atoms with Crippen molar-refractivity contribution in [2.24, 2.45) is 0 Å². The number of ether oxygens (including phenoxy) is 1. The third kappa shape index (κ3) is 21.8. The van der Waals surface area contributed by atoms with Gasteiger partial charge in [-0.2, -0.15) is 0 Å². The van der Waals surface area contributed by atoms with Crippen LogP contribution in [-0.2, 0) is 9.53 Å². The summed E-state index contributed by atoms with van der Waals surface area (Å²) < 4.78 is 48.1. The molecule has 3 amide bonds. The number of nitrogens with one attached hydrogen (secondary N) is 4. The number of benzene rings is 3. The molecule has 3 aliphatic heterocycles. The van der Waals surface area contributed by atoms with Crippen LogP contribution in [0.2, 0.25) is 30.3 Å². The van der Waals surface area contributed by atoms with Gasteiger partial charge in [0.1, 0.15) is 38.8 Å². The van der Waals surface area contributed by atoms with E-state index in [1.165, 1.54) is 89.2 Å². The largest absolute Gasteiger partial charge is 0.466 e. The lowest BCUT2D eigenvalue weighted by atomic mass is 9.92. The van der Waals surface area contributed by atoms with Crippen LogP contribution in [0, 0.1) is 17.5 Å². The number of nitrogens with two attached hydrogens (primary N) is 2. The average Bonchev–Trinajstić information content (AvgIpc) is 0.772. The summed E-state index contributed by atoms with van der Waals surface area (Å²) >= 11 is 37.8. The first kappa shape index (κ1) is 87.0. The first-order valence-corrected chi connectivity index (χ1v) is 39.3. The summed E-state index contributed by atoms with van der Waals surface area (Å²) in [6, 6.07) is 33.2. The standard InChI is InChI=1S/2C23H18ClFN6O.C15H15FN4O.C9H9ClN2O2.C8H4Cl2N2.C5H4BrClN2/c2*1-26-23(32)16-3-2-13(8-17(16)25)21-22(28-7-6-27-21)14-11-31(12-14)20-5-4-18-19(30-20)9-15(24)10-29-18;1-17-15(21)11-3-2-9(6-12(11)16)13-14(10-7-18-8-10)20-5-4-19-13;1-14-9(13)3-2-8-7(11)4-6(10)5-12-8;9-5-3-7-6(11-4-5)1-2-8(10)12-7;6-5-4(8)1-3(7)2-9-5/h2*2-10,14H,11-12H2,1H3,(H,26,32);2-6,10,18H,7-8H2,1H3,(H,17,21);2-5H,11H2,1H3;1-4H;1-2H,8H2/b;;;3-2+;;. The van der Waals surface area contributed by atoms with E-state index in [9.17, 15) is 32.3 Å². The Bertz CT molecular complexity index is 5940. The van der Waals surface area contributed by atoms with Crippen LogP contribution in [0.5, 0.6) is 0 Å². The molecule has 0 atom stereocenters. The number of methoxy groups -OCH3 is 1. The summed E-state index contributed by atoms with van der Waals surface area (Å²) in [6.45, 7) is 4.52. The number of nitrogen functional groups attached to an aromatic ring is 2. The highest BCUT2D eigenvalue weighted by Gasteiger charge is 2.35. The molecule has 14 aromatic rings. The Hall–Kier alpha value is -12.3. The fourth-order valence-corrected chi connectivity index (χ4v) is 13.4. The molecule has 3 fully saturated rings. The topological polar surface area (TPSA) is 365 Å². The second-order valence-electron chi connectivity index (χ2n) is 26.3. The van der Waals surface area contributed by atoms with Gasteiger partial charge in [0.05, 0.1) is 133 Å². The Kier molecular flexibility index (Phi) is 29.3. The number of hydrogen-bond acceptors (Lipinski definition) is 24. The molecule has 0 unspecified atom stereocenters. The highest BCUT2D eigenvalue weighted by Crippen LogP contribution is 2.38. The van der Waals surface area contributed by atoms with Crippen LogP contribution in [0.1, 0.15) is 71.6 Å². The van der Waals surface area contributed by atoms with Gasteiger partial charge in [0.15, 0.2) is 0 Å². The average molecular weight is 1800 g/mol. The van der Waals surface area contributed by atoms with Crippen molar-refractivity contribution < 1.29 is 37.1 Å². The summed E-state index contributed by atoms with van der Waals surface area (Å²) in [5, 5.41) is 13.6. The zero-order chi connectivity index (χ0) is 85.3. The van der Waals surface area contributed by atoms with Crippen molar-refractivity contribution in [2.45, 2.75) is 17.8 Å². The maximum atomic E-state index is 14.5. The van der Waals surface area contributed by atoms with E-state index in [0.717, 1.165) is 74.9 Å². The van der Waals surface area contributed by atoms with Crippen molar-refractivity contribution >= 4 is 171 Å². The number of nitrogens with zero attached hydrogens (tertiary/aromatic N) is 16. The van der Waals surface area contributed by atoms with Crippen molar-refractivity contribution in [3.8, 4) is 33.8 Å². The molecule has 0 bridgehead atoms. The summed E-state index contributed by atoms with van der Waals surface area (Å²) in [5.41, 5.74) is 23.2. The minimum absolute atomic E-state index is 0.00604. The van der Waals surface area contributed by atoms with E-state index in [0.29, 0.717) is 118 Å². The van der Waals surface area contributed by atoms with Gasteiger partial charge in [0, 0.05) is 169 Å². The van der Waals surface area contributed by atoms with Crippen molar-refractivity contribution in [3.63, 3.8) is 0 Å². The highest BCUT2D eigenvalue weighted by molar-refractivity contribution is 9.10. The van der Waals surface area contributed by atoms with Gasteiger partial charge in [-0.05, 0) is 125 Å². The molecule has 11 aromatic heterocycles. The number of esters is 1. The number of rotatable bonds is 13. The summed E-state index contributed by atoms with van der Waals surface area (Å²) in [4.78, 5) is 111.